The number of ether oxygens (including phenoxy) is 1. The van der Waals surface area contributed by atoms with Gasteiger partial charge in [-0.15, -0.1) is 0 Å². The van der Waals surface area contributed by atoms with Crippen molar-refractivity contribution >= 4 is 22.8 Å². The first-order chi connectivity index (χ1) is 14.6. The lowest BCUT2D eigenvalue weighted by atomic mass is 10.1. The van der Waals surface area contributed by atoms with Crippen LogP contribution >= 0.6 is 0 Å². The van der Waals surface area contributed by atoms with Gasteiger partial charge in [0, 0.05) is 31.6 Å². The van der Waals surface area contributed by atoms with Gasteiger partial charge in [-0.3, -0.25) is 0 Å². The molecule has 0 unspecified atom stereocenters. The van der Waals surface area contributed by atoms with Crippen LogP contribution in [0.15, 0.2) is 42.5 Å². The van der Waals surface area contributed by atoms with Gasteiger partial charge >= 0.3 is 6.09 Å². The Balaban J connectivity index is 1.67. The van der Waals surface area contributed by atoms with Crippen LogP contribution in [0.3, 0.4) is 0 Å². The summed E-state index contributed by atoms with van der Waals surface area (Å²) >= 11 is 0. The molecule has 0 spiro atoms. The fraction of sp³-hybridized carbons (Fsp3) is 0.348. The fourth-order valence-corrected chi connectivity index (χ4v) is 3.63. The van der Waals surface area contributed by atoms with E-state index >= 15 is 0 Å². The molecule has 0 radical (unpaired) electrons. The minimum absolute atomic E-state index is 0.152. The summed E-state index contributed by atoms with van der Waals surface area (Å²) in [4.78, 5) is 25.6. The molecular formula is C23H26N4O3. The van der Waals surface area contributed by atoms with Crippen LogP contribution in [0.4, 0.5) is 10.6 Å². The zero-order valence-corrected chi connectivity index (χ0v) is 17.3. The summed E-state index contributed by atoms with van der Waals surface area (Å²) in [7, 11) is 0. The van der Waals surface area contributed by atoms with Gasteiger partial charge in [0.25, 0.3) is 0 Å². The Morgan fingerprint density at radius 2 is 1.87 bits per heavy atom. The molecule has 0 aliphatic carbocycles. The average molecular weight is 406 g/mol. The second-order valence-electron chi connectivity index (χ2n) is 7.50. The number of hydrogen-bond acceptors (Lipinski definition) is 6. The van der Waals surface area contributed by atoms with Crippen molar-refractivity contribution in [2.24, 2.45) is 0 Å². The number of rotatable bonds is 4. The van der Waals surface area contributed by atoms with Gasteiger partial charge in [0.1, 0.15) is 11.6 Å². The van der Waals surface area contributed by atoms with Gasteiger partial charge in [-0.25, -0.2) is 14.8 Å². The molecule has 1 aliphatic heterocycles. The third-order valence-corrected chi connectivity index (χ3v) is 5.24. The molecule has 4 rings (SSSR count). The van der Waals surface area contributed by atoms with Gasteiger partial charge < -0.3 is 19.6 Å². The third kappa shape index (κ3) is 4.01. The SMILES string of the molecule is CCCOC(=O)N1CCN(c2nc(-c3ccccc3O)nc3cc(C)ccc23)CC1. The summed E-state index contributed by atoms with van der Waals surface area (Å²) in [5.41, 5.74) is 2.55. The van der Waals surface area contributed by atoms with Crippen molar-refractivity contribution in [3.8, 4) is 17.1 Å². The molecular weight excluding hydrogens is 380 g/mol. The maximum atomic E-state index is 12.2. The lowest BCUT2D eigenvalue weighted by molar-refractivity contribution is 0.100. The number of nitrogens with zero attached hydrogens (tertiary/aromatic N) is 4. The van der Waals surface area contributed by atoms with Crippen molar-refractivity contribution in [1.82, 2.24) is 14.9 Å². The van der Waals surface area contributed by atoms with E-state index in [0.717, 1.165) is 28.7 Å². The molecule has 1 fully saturated rings. The number of para-hydroxylation sites is 1. The molecule has 7 nitrogen and oxygen atoms in total. The van der Waals surface area contributed by atoms with Crippen molar-refractivity contribution in [3.05, 3.63) is 48.0 Å². The highest BCUT2D eigenvalue weighted by Gasteiger charge is 2.25. The number of anilines is 1. The number of benzene rings is 2. The van der Waals surface area contributed by atoms with E-state index < -0.39 is 0 Å². The quantitative estimate of drug-likeness (QED) is 0.706. The highest BCUT2D eigenvalue weighted by Crippen LogP contribution is 2.32. The number of carbonyl (C=O) groups is 1. The number of amides is 1. The van der Waals surface area contributed by atoms with Crippen LogP contribution in [0.25, 0.3) is 22.3 Å². The predicted molar refractivity (Wildman–Crippen MR) is 117 cm³/mol. The molecule has 1 saturated heterocycles. The number of fused-ring (bicyclic) bond motifs is 1. The number of aromatic hydroxyl groups is 1. The van der Waals surface area contributed by atoms with Crippen LogP contribution in [0.2, 0.25) is 0 Å². The highest BCUT2D eigenvalue weighted by atomic mass is 16.6. The van der Waals surface area contributed by atoms with E-state index in [1.807, 2.05) is 44.2 Å². The van der Waals surface area contributed by atoms with Gasteiger partial charge in [0.2, 0.25) is 0 Å². The van der Waals surface area contributed by atoms with Crippen LogP contribution in [-0.2, 0) is 4.74 Å². The smallest absolute Gasteiger partial charge is 0.409 e. The van der Waals surface area contributed by atoms with E-state index in [9.17, 15) is 9.90 Å². The summed E-state index contributed by atoms with van der Waals surface area (Å²) in [5.74, 6) is 1.46. The highest BCUT2D eigenvalue weighted by molar-refractivity contribution is 5.92. The number of aryl methyl sites for hydroxylation is 1. The number of aromatic nitrogens is 2. The van der Waals surface area contributed by atoms with Crippen LogP contribution in [-0.4, -0.2) is 58.9 Å². The van der Waals surface area contributed by atoms with Crippen molar-refractivity contribution in [1.29, 1.82) is 0 Å². The van der Waals surface area contributed by atoms with E-state index in [1.165, 1.54) is 0 Å². The molecule has 1 aromatic heterocycles. The van der Waals surface area contributed by atoms with Gasteiger partial charge in [-0.1, -0.05) is 25.1 Å². The molecule has 3 aromatic rings. The van der Waals surface area contributed by atoms with E-state index in [1.54, 1.807) is 17.0 Å². The first-order valence-corrected chi connectivity index (χ1v) is 10.3. The molecule has 0 bridgehead atoms. The second-order valence-corrected chi connectivity index (χ2v) is 7.50. The minimum atomic E-state index is -0.255. The Kier molecular flexibility index (Phi) is 5.70. The molecule has 1 amide bonds. The molecule has 0 atom stereocenters. The minimum Gasteiger partial charge on any atom is -0.507 e. The first kappa shape index (κ1) is 19.9. The summed E-state index contributed by atoms with van der Waals surface area (Å²) in [5, 5.41) is 11.3. The van der Waals surface area contributed by atoms with Crippen LogP contribution in [0.5, 0.6) is 5.75 Å². The van der Waals surface area contributed by atoms with Gasteiger partial charge in [-0.2, -0.15) is 0 Å². The summed E-state index contributed by atoms with van der Waals surface area (Å²) in [6, 6.07) is 13.2. The predicted octanol–water partition coefficient (Wildman–Crippen LogP) is 3.98. The molecule has 1 N–H and O–H groups in total. The Hall–Kier alpha value is -3.35. The fourth-order valence-electron chi connectivity index (χ4n) is 3.63. The normalized spacial score (nSPS) is 14.2. The molecule has 2 aromatic carbocycles. The summed E-state index contributed by atoms with van der Waals surface area (Å²) in [6.45, 7) is 6.91. The molecule has 2 heterocycles. The van der Waals surface area contributed by atoms with E-state index in [0.29, 0.717) is 44.2 Å². The standard InChI is InChI=1S/C23H26N4O3/c1-3-14-30-23(29)27-12-10-26(11-13-27)22-17-9-8-16(2)15-19(17)24-21(25-22)18-6-4-5-7-20(18)28/h4-9,15,28H,3,10-14H2,1-2H3. The van der Waals surface area contributed by atoms with Crippen molar-refractivity contribution in [2.45, 2.75) is 20.3 Å². The first-order valence-electron chi connectivity index (χ1n) is 10.3. The molecule has 1 aliphatic rings. The third-order valence-electron chi connectivity index (χ3n) is 5.24. The average Bonchev–Trinajstić information content (AvgIpc) is 2.77. The lowest BCUT2D eigenvalue weighted by Gasteiger charge is -2.35. The van der Waals surface area contributed by atoms with Crippen molar-refractivity contribution in [2.75, 3.05) is 37.7 Å². The molecule has 30 heavy (non-hydrogen) atoms. The van der Waals surface area contributed by atoms with Crippen LogP contribution < -0.4 is 4.90 Å². The maximum absolute atomic E-state index is 12.2. The Morgan fingerprint density at radius 1 is 1.10 bits per heavy atom. The number of phenols is 1. The zero-order chi connectivity index (χ0) is 21.1. The Morgan fingerprint density at radius 3 is 2.60 bits per heavy atom. The Labute approximate surface area is 175 Å². The number of hydrogen-bond donors (Lipinski definition) is 1. The second kappa shape index (κ2) is 8.57. The lowest BCUT2D eigenvalue weighted by Crippen LogP contribution is -2.49. The van der Waals surface area contributed by atoms with E-state index in [-0.39, 0.29) is 11.8 Å². The van der Waals surface area contributed by atoms with Crippen LogP contribution in [0.1, 0.15) is 18.9 Å². The molecule has 7 heteroatoms. The van der Waals surface area contributed by atoms with Gasteiger partial charge in [0.05, 0.1) is 17.7 Å². The summed E-state index contributed by atoms with van der Waals surface area (Å²) in [6.07, 6.45) is 0.558. The Bertz CT molecular complexity index is 1060. The number of carbonyl (C=O) groups excluding carboxylic acids is 1. The van der Waals surface area contributed by atoms with E-state index in [2.05, 4.69) is 4.90 Å². The largest absolute Gasteiger partial charge is 0.507 e. The molecule has 0 saturated carbocycles. The summed E-state index contributed by atoms with van der Waals surface area (Å²) < 4.78 is 5.26. The van der Waals surface area contributed by atoms with Crippen molar-refractivity contribution in [3.63, 3.8) is 0 Å². The number of phenolic OH excluding ortho intramolecular Hbond substituents is 1. The van der Waals surface area contributed by atoms with Crippen molar-refractivity contribution < 1.29 is 14.6 Å². The van der Waals surface area contributed by atoms with Gasteiger partial charge in [-0.05, 0) is 43.2 Å². The monoisotopic (exact) mass is 406 g/mol. The maximum Gasteiger partial charge on any atom is 0.409 e. The number of piperazine rings is 1. The van der Waals surface area contributed by atoms with E-state index in [4.69, 9.17) is 14.7 Å². The van der Waals surface area contributed by atoms with Crippen LogP contribution in [0, 0.1) is 6.92 Å². The van der Waals surface area contributed by atoms with Gasteiger partial charge in [0.15, 0.2) is 5.82 Å². The molecule has 156 valence electrons. The topological polar surface area (TPSA) is 78.8 Å². The zero-order valence-electron chi connectivity index (χ0n) is 17.3.